The van der Waals surface area contributed by atoms with E-state index < -0.39 is 5.66 Å². The normalized spacial score (nSPS) is 19.0. The van der Waals surface area contributed by atoms with Crippen LogP contribution < -0.4 is 16.1 Å². The minimum atomic E-state index is -0.448. The van der Waals surface area contributed by atoms with E-state index in [1.54, 1.807) is 0 Å². The van der Waals surface area contributed by atoms with Gasteiger partial charge < -0.3 is 16.1 Å². The van der Waals surface area contributed by atoms with Crippen molar-refractivity contribution in [2.24, 2.45) is 5.10 Å². The molecule has 0 radical (unpaired) electrons. The van der Waals surface area contributed by atoms with Gasteiger partial charge in [-0.3, -0.25) is 4.98 Å². The predicted molar refractivity (Wildman–Crippen MR) is 130 cm³/mol. The fraction of sp³-hybridized carbons (Fsp3) is 0.111. The number of aromatic nitrogens is 1. The Morgan fingerprint density at radius 2 is 1.56 bits per heavy atom. The van der Waals surface area contributed by atoms with Crippen molar-refractivity contribution in [2.45, 2.75) is 19.1 Å². The summed E-state index contributed by atoms with van der Waals surface area (Å²) in [5.74, 6) is 0. The van der Waals surface area contributed by atoms with Crippen molar-refractivity contribution in [1.29, 1.82) is 0 Å². The standard InChI is InChI=1S/C27H23N5/c1-27(30-23-14-15-28-17-24(23)31-27)22-13-7-12-21-25(22)19-10-5-6-11-20(19)26(21)32-29-16-18-8-3-2-4-9-18/h2-15,17,29-31H,16H2,1H3/b32-26+. The van der Waals surface area contributed by atoms with Gasteiger partial charge in [-0.1, -0.05) is 72.8 Å². The molecule has 0 bridgehead atoms. The highest BCUT2D eigenvalue weighted by molar-refractivity contribution is 6.25. The molecule has 0 saturated heterocycles. The van der Waals surface area contributed by atoms with E-state index in [0.29, 0.717) is 6.54 Å². The average molecular weight is 418 g/mol. The minimum absolute atomic E-state index is 0.448. The zero-order chi connectivity index (χ0) is 21.5. The summed E-state index contributed by atoms with van der Waals surface area (Å²) in [6, 6.07) is 27.3. The first-order chi connectivity index (χ1) is 15.7. The first kappa shape index (κ1) is 18.6. The minimum Gasteiger partial charge on any atom is -0.358 e. The van der Waals surface area contributed by atoms with Gasteiger partial charge in [0.1, 0.15) is 5.66 Å². The van der Waals surface area contributed by atoms with Crippen molar-refractivity contribution in [2.75, 3.05) is 10.6 Å². The van der Waals surface area contributed by atoms with E-state index in [1.165, 1.54) is 22.3 Å². The average Bonchev–Trinajstić information content (AvgIpc) is 3.35. The van der Waals surface area contributed by atoms with Crippen molar-refractivity contribution in [3.05, 3.63) is 114 Å². The molecule has 32 heavy (non-hydrogen) atoms. The van der Waals surface area contributed by atoms with E-state index in [-0.39, 0.29) is 0 Å². The van der Waals surface area contributed by atoms with E-state index in [2.05, 4.69) is 82.6 Å². The number of rotatable bonds is 4. The smallest absolute Gasteiger partial charge is 0.132 e. The number of pyridine rings is 1. The second kappa shape index (κ2) is 7.24. The molecule has 0 spiro atoms. The number of nitrogens with zero attached hydrogens (tertiary/aromatic N) is 2. The summed E-state index contributed by atoms with van der Waals surface area (Å²) in [5, 5.41) is 12.1. The third-order valence-electron chi connectivity index (χ3n) is 6.22. The molecular formula is C27H23N5. The van der Waals surface area contributed by atoms with Crippen LogP contribution in [0.15, 0.2) is 96.4 Å². The Morgan fingerprint density at radius 1 is 0.812 bits per heavy atom. The Kier molecular flexibility index (Phi) is 4.21. The largest absolute Gasteiger partial charge is 0.358 e. The molecule has 4 aromatic rings. The van der Waals surface area contributed by atoms with Crippen LogP contribution in [0, 0.1) is 0 Å². The lowest BCUT2D eigenvalue weighted by atomic mass is 9.91. The molecule has 3 aromatic carbocycles. The van der Waals surface area contributed by atoms with Gasteiger partial charge in [0.05, 0.1) is 29.8 Å². The van der Waals surface area contributed by atoms with Crippen LogP contribution in [0.1, 0.15) is 29.2 Å². The molecule has 1 aliphatic heterocycles. The first-order valence-corrected chi connectivity index (χ1v) is 10.8. The number of hydrazone groups is 1. The van der Waals surface area contributed by atoms with E-state index in [4.69, 9.17) is 5.10 Å². The molecule has 0 amide bonds. The maximum atomic E-state index is 4.85. The van der Waals surface area contributed by atoms with Crippen LogP contribution in [-0.4, -0.2) is 10.7 Å². The summed E-state index contributed by atoms with van der Waals surface area (Å²) < 4.78 is 0. The second-order valence-electron chi connectivity index (χ2n) is 8.35. The molecule has 156 valence electrons. The summed E-state index contributed by atoms with van der Waals surface area (Å²) >= 11 is 0. The van der Waals surface area contributed by atoms with Gasteiger partial charge in [0.25, 0.3) is 0 Å². The number of anilines is 2. The van der Waals surface area contributed by atoms with Crippen LogP contribution >= 0.6 is 0 Å². The van der Waals surface area contributed by atoms with Gasteiger partial charge in [-0.25, -0.2) is 0 Å². The zero-order valence-electron chi connectivity index (χ0n) is 17.8. The summed E-state index contributed by atoms with van der Waals surface area (Å²) in [6.07, 6.45) is 3.68. The molecule has 0 fully saturated rings. The van der Waals surface area contributed by atoms with Crippen LogP contribution in [0.4, 0.5) is 11.4 Å². The summed E-state index contributed by atoms with van der Waals surface area (Å²) in [4.78, 5) is 4.26. The highest BCUT2D eigenvalue weighted by atomic mass is 15.3. The fourth-order valence-corrected chi connectivity index (χ4v) is 4.74. The van der Waals surface area contributed by atoms with Gasteiger partial charge in [-0.05, 0) is 29.7 Å². The van der Waals surface area contributed by atoms with Crippen LogP contribution in [0.2, 0.25) is 0 Å². The number of benzene rings is 3. The third-order valence-corrected chi connectivity index (χ3v) is 6.22. The lowest BCUT2D eigenvalue weighted by Gasteiger charge is -2.29. The van der Waals surface area contributed by atoms with Crippen LogP contribution in [0.25, 0.3) is 11.1 Å². The molecule has 1 aliphatic carbocycles. The van der Waals surface area contributed by atoms with Gasteiger partial charge >= 0.3 is 0 Å². The quantitative estimate of drug-likeness (QED) is 0.347. The van der Waals surface area contributed by atoms with Crippen LogP contribution in [0.3, 0.4) is 0 Å². The van der Waals surface area contributed by atoms with E-state index in [1.807, 2.05) is 36.7 Å². The molecule has 5 nitrogen and oxygen atoms in total. The van der Waals surface area contributed by atoms with Crippen molar-refractivity contribution in [1.82, 2.24) is 10.4 Å². The van der Waals surface area contributed by atoms with Crippen molar-refractivity contribution < 1.29 is 0 Å². The van der Waals surface area contributed by atoms with E-state index in [0.717, 1.165) is 28.2 Å². The van der Waals surface area contributed by atoms with Crippen molar-refractivity contribution in [3.63, 3.8) is 0 Å². The molecule has 5 heteroatoms. The lowest BCUT2D eigenvalue weighted by Crippen LogP contribution is -2.35. The van der Waals surface area contributed by atoms with Gasteiger partial charge in [0, 0.05) is 22.9 Å². The molecule has 0 saturated carbocycles. The second-order valence-corrected chi connectivity index (χ2v) is 8.35. The molecule has 6 rings (SSSR count). The Bertz CT molecular complexity index is 1320. The highest BCUT2D eigenvalue weighted by Crippen LogP contribution is 2.46. The Hall–Kier alpha value is -4.12. The zero-order valence-corrected chi connectivity index (χ0v) is 17.8. The fourth-order valence-electron chi connectivity index (χ4n) is 4.74. The maximum Gasteiger partial charge on any atom is 0.132 e. The summed E-state index contributed by atoms with van der Waals surface area (Å²) in [6.45, 7) is 2.86. The third kappa shape index (κ3) is 2.94. The summed E-state index contributed by atoms with van der Waals surface area (Å²) in [5.41, 5.74) is 13.0. The Labute approximate surface area is 187 Å². The monoisotopic (exact) mass is 417 g/mol. The van der Waals surface area contributed by atoms with Gasteiger partial charge in [0.2, 0.25) is 0 Å². The van der Waals surface area contributed by atoms with E-state index in [9.17, 15) is 0 Å². The highest BCUT2D eigenvalue weighted by Gasteiger charge is 2.38. The Balaban J connectivity index is 1.42. The number of fused-ring (bicyclic) bond motifs is 4. The van der Waals surface area contributed by atoms with Gasteiger partial charge in [-0.2, -0.15) is 5.10 Å². The van der Waals surface area contributed by atoms with Crippen LogP contribution in [-0.2, 0) is 12.2 Å². The lowest BCUT2D eigenvalue weighted by molar-refractivity contribution is 0.652. The molecule has 1 atom stereocenters. The topological polar surface area (TPSA) is 61.3 Å². The van der Waals surface area contributed by atoms with Crippen molar-refractivity contribution >= 4 is 17.1 Å². The molecule has 2 aliphatic rings. The number of hydrogen-bond donors (Lipinski definition) is 3. The van der Waals surface area contributed by atoms with Crippen molar-refractivity contribution in [3.8, 4) is 11.1 Å². The molecule has 1 aromatic heterocycles. The molecule has 3 N–H and O–H groups in total. The molecule has 1 unspecified atom stereocenters. The molecule has 2 heterocycles. The predicted octanol–water partition coefficient (Wildman–Crippen LogP) is 5.31. The molecular weight excluding hydrogens is 394 g/mol. The van der Waals surface area contributed by atoms with Gasteiger partial charge in [0.15, 0.2) is 0 Å². The van der Waals surface area contributed by atoms with Crippen LogP contribution in [0.5, 0.6) is 0 Å². The SMILES string of the molecule is CC1(c2cccc3c2-c2ccccc2/C3=N\NCc2ccccc2)Nc2ccncc2N1. The summed E-state index contributed by atoms with van der Waals surface area (Å²) in [7, 11) is 0. The number of nitrogens with one attached hydrogen (secondary N) is 3. The van der Waals surface area contributed by atoms with E-state index >= 15 is 0 Å². The number of hydrogen-bond acceptors (Lipinski definition) is 5. The maximum absolute atomic E-state index is 4.85. The Morgan fingerprint density at radius 3 is 2.41 bits per heavy atom. The van der Waals surface area contributed by atoms with Gasteiger partial charge in [-0.15, -0.1) is 0 Å². The first-order valence-electron chi connectivity index (χ1n) is 10.8.